The molecular formula is C11H13F3N2O2. The Bertz CT molecular complexity index is 439. The van der Waals surface area contributed by atoms with Crippen molar-refractivity contribution in [2.24, 2.45) is 5.73 Å². The number of halogens is 3. The Labute approximate surface area is 102 Å². The molecular weight excluding hydrogens is 249 g/mol. The average molecular weight is 262 g/mol. The highest BCUT2D eigenvalue weighted by molar-refractivity contribution is 5.72. The molecule has 0 spiro atoms. The number of aromatic nitrogens is 1. The van der Waals surface area contributed by atoms with Crippen molar-refractivity contribution in [3.63, 3.8) is 0 Å². The first kappa shape index (κ1) is 14.4. The number of rotatable bonds is 5. The molecule has 2 N–H and O–H groups in total. The predicted molar refractivity (Wildman–Crippen MR) is 57.4 cm³/mol. The molecule has 4 nitrogen and oxygen atoms in total. The summed E-state index contributed by atoms with van der Waals surface area (Å²) in [7, 11) is 0. The number of pyridine rings is 1. The summed E-state index contributed by atoms with van der Waals surface area (Å²) in [5.41, 5.74) is 4.09. The molecule has 0 aliphatic carbocycles. The van der Waals surface area contributed by atoms with Gasteiger partial charge in [-0.25, -0.2) is 13.2 Å². The fourth-order valence-electron chi connectivity index (χ4n) is 1.54. The van der Waals surface area contributed by atoms with Crippen LogP contribution >= 0.6 is 0 Å². The minimum atomic E-state index is -2.95. The maximum Gasteiger partial charge on any atom is 0.311 e. The van der Waals surface area contributed by atoms with Gasteiger partial charge in [-0.1, -0.05) is 0 Å². The topological polar surface area (TPSA) is 65.2 Å². The van der Waals surface area contributed by atoms with Gasteiger partial charge in [-0.05, 0) is 6.92 Å². The van der Waals surface area contributed by atoms with E-state index in [9.17, 15) is 18.0 Å². The van der Waals surface area contributed by atoms with E-state index in [1.54, 1.807) is 6.92 Å². The second kappa shape index (κ2) is 6.34. The quantitative estimate of drug-likeness (QED) is 0.820. The van der Waals surface area contributed by atoms with Gasteiger partial charge in [-0.2, -0.15) is 0 Å². The molecule has 0 bridgehead atoms. The third-order valence-corrected chi connectivity index (χ3v) is 2.30. The van der Waals surface area contributed by atoms with Crippen LogP contribution in [0.15, 0.2) is 6.20 Å². The Morgan fingerprint density at radius 2 is 2.22 bits per heavy atom. The molecule has 1 aromatic rings. The van der Waals surface area contributed by atoms with Crippen LogP contribution in [0.1, 0.15) is 30.2 Å². The van der Waals surface area contributed by atoms with Gasteiger partial charge < -0.3 is 10.5 Å². The van der Waals surface area contributed by atoms with E-state index in [1.807, 2.05) is 0 Å². The Hall–Kier alpha value is -1.63. The number of ether oxygens (including phenoxy) is 1. The van der Waals surface area contributed by atoms with Gasteiger partial charge in [0.1, 0.15) is 5.82 Å². The first-order chi connectivity index (χ1) is 8.51. The van der Waals surface area contributed by atoms with E-state index in [0.29, 0.717) is 0 Å². The normalized spacial score (nSPS) is 10.8. The summed E-state index contributed by atoms with van der Waals surface area (Å²) in [4.78, 5) is 14.8. The lowest BCUT2D eigenvalue weighted by Gasteiger charge is -2.12. The zero-order chi connectivity index (χ0) is 13.7. The van der Waals surface area contributed by atoms with Crippen LogP contribution in [0.2, 0.25) is 0 Å². The fourth-order valence-corrected chi connectivity index (χ4v) is 1.54. The summed E-state index contributed by atoms with van der Waals surface area (Å²) in [5, 5.41) is 0. The number of carbonyl (C=O) groups excluding carboxylic acids is 1. The number of nitrogens with zero attached hydrogens (tertiary/aromatic N) is 1. The molecule has 0 radical (unpaired) electrons. The van der Waals surface area contributed by atoms with E-state index in [-0.39, 0.29) is 24.4 Å². The van der Waals surface area contributed by atoms with Crippen molar-refractivity contribution in [1.29, 1.82) is 0 Å². The first-order valence-corrected chi connectivity index (χ1v) is 5.31. The third kappa shape index (κ3) is 3.19. The number of nitrogens with two attached hydrogens (primary N) is 1. The summed E-state index contributed by atoms with van der Waals surface area (Å²) in [6.45, 7) is 1.34. The Morgan fingerprint density at radius 1 is 1.56 bits per heavy atom. The van der Waals surface area contributed by atoms with Crippen LogP contribution in [0.4, 0.5) is 13.2 Å². The van der Waals surface area contributed by atoms with Crippen molar-refractivity contribution >= 4 is 5.97 Å². The lowest BCUT2D eigenvalue weighted by Crippen LogP contribution is -2.15. The molecule has 0 aliphatic heterocycles. The summed E-state index contributed by atoms with van der Waals surface area (Å²) in [6, 6.07) is 0. The molecule has 0 atom stereocenters. The summed E-state index contributed by atoms with van der Waals surface area (Å²) >= 11 is 0. The molecule has 1 aromatic heterocycles. The number of hydrogen-bond donors (Lipinski definition) is 1. The Balaban J connectivity index is 3.15. The fraction of sp³-hybridized carbons (Fsp3) is 0.455. The van der Waals surface area contributed by atoms with Crippen LogP contribution in [0.25, 0.3) is 0 Å². The molecule has 18 heavy (non-hydrogen) atoms. The van der Waals surface area contributed by atoms with Crippen molar-refractivity contribution < 1.29 is 22.7 Å². The van der Waals surface area contributed by atoms with Gasteiger partial charge in [0.2, 0.25) is 0 Å². The van der Waals surface area contributed by atoms with E-state index >= 15 is 0 Å². The van der Waals surface area contributed by atoms with Crippen LogP contribution in [0.3, 0.4) is 0 Å². The van der Waals surface area contributed by atoms with Crippen molar-refractivity contribution in [2.45, 2.75) is 26.3 Å². The van der Waals surface area contributed by atoms with Gasteiger partial charge in [-0.3, -0.25) is 9.78 Å². The maximum atomic E-state index is 13.3. The number of hydrogen-bond acceptors (Lipinski definition) is 4. The molecule has 1 rings (SSSR count). The highest BCUT2D eigenvalue weighted by Crippen LogP contribution is 2.27. The maximum absolute atomic E-state index is 13.3. The highest BCUT2D eigenvalue weighted by Gasteiger charge is 2.23. The lowest BCUT2D eigenvalue weighted by atomic mass is 10.0. The van der Waals surface area contributed by atoms with Crippen LogP contribution in [0, 0.1) is 5.82 Å². The van der Waals surface area contributed by atoms with Gasteiger partial charge in [0.05, 0.1) is 24.9 Å². The van der Waals surface area contributed by atoms with Gasteiger partial charge in [0.15, 0.2) is 0 Å². The zero-order valence-corrected chi connectivity index (χ0v) is 9.75. The van der Waals surface area contributed by atoms with Gasteiger partial charge in [0, 0.05) is 17.7 Å². The number of esters is 1. The predicted octanol–water partition coefficient (Wildman–Crippen LogP) is 1.72. The van der Waals surface area contributed by atoms with Crippen molar-refractivity contribution in [2.75, 3.05) is 6.61 Å². The van der Waals surface area contributed by atoms with E-state index in [2.05, 4.69) is 9.72 Å². The standard InChI is InChI=1S/C11H13F3N2O2/c1-2-18-9(17)3-8-10(11(13)14)6(4-15)7(12)5-16-8/h5,11H,2-4,15H2,1H3. The molecule has 0 saturated carbocycles. The molecule has 0 fully saturated rings. The highest BCUT2D eigenvalue weighted by atomic mass is 19.3. The van der Waals surface area contributed by atoms with E-state index in [0.717, 1.165) is 6.20 Å². The molecule has 0 aliphatic rings. The van der Waals surface area contributed by atoms with E-state index in [4.69, 9.17) is 5.73 Å². The van der Waals surface area contributed by atoms with Gasteiger partial charge in [-0.15, -0.1) is 0 Å². The molecule has 100 valence electrons. The molecule has 0 aromatic carbocycles. The monoisotopic (exact) mass is 262 g/mol. The number of carbonyl (C=O) groups is 1. The average Bonchev–Trinajstić information content (AvgIpc) is 2.30. The van der Waals surface area contributed by atoms with Crippen LogP contribution < -0.4 is 5.73 Å². The lowest BCUT2D eigenvalue weighted by molar-refractivity contribution is -0.142. The largest absolute Gasteiger partial charge is 0.466 e. The smallest absolute Gasteiger partial charge is 0.311 e. The third-order valence-electron chi connectivity index (χ3n) is 2.30. The second-order valence-corrected chi connectivity index (χ2v) is 3.43. The SMILES string of the molecule is CCOC(=O)Cc1ncc(F)c(CN)c1C(F)F. The van der Waals surface area contributed by atoms with E-state index < -0.39 is 30.2 Å². The molecule has 0 saturated heterocycles. The Kier molecular flexibility index (Phi) is 5.08. The Morgan fingerprint density at radius 3 is 2.72 bits per heavy atom. The van der Waals surface area contributed by atoms with Gasteiger partial charge in [0.25, 0.3) is 6.43 Å². The minimum absolute atomic E-state index is 0.133. The minimum Gasteiger partial charge on any atom is -0.466 e. The first-order valence-electron chi connectivity index (χ1n) is 5.31. The summed E-state index contributed by atoms with van der Waals surface area (Å²) in [6.07, 6.45) is -2.60. The molecule has 1 heterocycles. The van der Waals surface area contributed by atoms with E-state index in [1.165, 1.54) is 0 Å². The molecule has 7 heteroatoms. The van der Waals surface area contributed by atoms with Crippen molar-refractivity contribution in [1.82, 2.24) is 4.98 Å². The second-order valence-electron chi connectivity index (χ2n) is 3.43. The zero-order valence-electron chi connectivity index (χ0n) is 9.75. The van der Waals surface area contributed by atoms with Crippen LogP contribution in [-0.4, -0.2) is 17.6 Å². The van der Waals surface area contributed by atoms with Crippen LogP contribution in [0.5, 0.6) is 0 Å². The summed E-state index contributed by atoms with van der Waals surface area (Å²) < 4.78 is 43.7. The summed E-state index contributed by atoms with van der Waals surface area (Å²) in [5.74, 6) is -1.60. The van der Waals surface area contributed by atoms with Gasteiger partial charge >= 0.3 is 5.97 Å². The van der Waals surface area contributed by atoms with Crippen molar-refractivity contribution in [3.8, 4) is 0 Å². The van der Waals surface area contributed by atoms with Crippen LogP contribution in [-0.2, 0) is 22.5 Å². The van der Waals surface area contributed by atoms with Crippen molar-refractivity contribution in [3.05, 3.63) is 28.8 Å². The number of alkyl halides is 2. The molecule has 0 unspecified atom stereocenters. The molecule has 0 amide bonds.